The van der Waals surface area contributed by atoms with Gasteiger partial charge in [0.25, 0.3) is 0 Å². The molecule has 0 spiro atoms. The Kier molecular flexibility index (Phi) is 4.50. The smallest absolute Gasteiger partial charge is 0.230 e. The van der Waals surface area contributed by atoms with Crippen LogP contribution in [-0.4, -0.2) is 33.9 Å². The number of hydrogen-bond acceptors (Lipinski definition) is 6. The average molecular weight is 374 g/mol. The van der Waals surface area contributed by atoms with Gasteiger partial charge in [-0.25, -0.2) is 15.0 Å². The molecule has 3 aromatic rings. The summed E-state index contributed by atoms with van der Waals surface area (Å²) in [6, 6.07) is 5.46. The van der Waals surface area contributed by atoms with E-state index in [9.17, 15) is 4.79 Å². The van der Waals surface area contributed by atoms with Crippen LogP contribution in [0, 0.1) is 5.92 Å². The number of rotatable bonds is 3. The summed E-state index contributed by atoms with van der Waals surface area (Å²) in [5.74, 6) is 1.31. The maximum Gasteiger partial charge on any atom is 0.230 e. The second-order valence-corrected chi connectivity index (χ2v) is 7.30. The number of carbonyl (C=O) groups is 1. The molecule has 0 aromatic carbocycles. The van der Waals surface area contributed by atoms with Crippen molar-refractivity contribution in [1.82, 2.24) is 15.0 Å². The number of carbonyl (C=O) groups excluding carboxylic acids is 1. The molecule has 1 saturated heterocycles. The normalized spacial score (nSPS) is 17.6. The first-order valence-corrected chi connectivity index (χ1v) is 9.32. The summed E-state index contributed by atoms with van der Waals surface area (Å²) < 4.78 is 0. The zero-order chi connectivity index (χ0) is 17.2. The Morgan fingerprint density at radius 3 is 3.04 bits per heavy atom. The predicted molar refractivity (Wildman–Crippen MR) is 100 cm³/mol. The van der Waals surface area contributed by atoms with Crippen LogP contribution in [0.4, 0.5) is 11.6 Å². The summed E-state index contributed by atoms with van der Waals surface area (Å²) in [6.45, 7) is 1.53. The minimum absolute atomic E-state index is 0.0184. The molecule has 1 aliphatic rings. The monoisotopic (exact) mass is 373 g/mol. The summed E-state index contributed by atoms with van der Waals surface area (Å²) in [5, 5.41) is 6.49. The number of halogens is 1. The minimum Gasteiger partial charge on any atom is -0.355 e. The molecule has 128 valence electrons. The van der Waals surface area contributed by atoms with Crippen molar-refractivity contribution in [3.8, 4) is 0 Å². The SMILES string of the molecule is O=C(Nc1ccc(Cl)cn1)C1CCCN(c2ncnc3sccc23)C1. The Balaban J connectivity index is 1.50. The number of anilines is 2. The van der Waals surface area contributed by atoms with Crippen molar-refractivity contribution < 1.29 is 4.79 Å². The van der Waals surface area contributed by atoms with E-state index in [-0.39, 0.29) is 11.8 Å². The van der Waals surface area contributed by atoms with Crippen LogP contribution in [0.2, 0.25) is 5.02 Å². The van der Waals surface area contributed by atoms with Crippen molar-refractivity contribution in [2.45, 2.75) is 12.8 Å². The van der Waals surface area contributed by atoms with E-state index in [1.165, 1.54) is 6.20 Å². The van der Waals surface area contributed by atoms with Gasteiger partial charge >= 0.3 is 0 Å². The van der Waals surface area contributed by atoms with Gasteiger partial charge in [-0.3, -0.25) is 4.79 Å². The van der Waals surface area contributed by atoms with Crippen molar-refractivity contribution >= 4 is 50.7 Å². The largest absolute Gasteiger partial charge is 0.355 e. The second-order valence-electron chi connectivity index (χ2n) is 5.97. The summed E-state index contributed by atoms with van der Waals surface area (Å²) in [4.78, 5) is 28.6. The summed E-state index contributed by atoms with van der Waals surface area (Å²) in [6.07, 6.45) is 4.92. The maximum absolute atomic E-state index is 12.6. The fourth-order valence-corrected chi connectivity index (χ4v) is 3.93. The summed E-state index contributed by atoms with van der Waals surface area (Å²) in [7, 11) is 0. The van der Waals surface area contributed by atoms with Crippen LogP contribution in [-0.2, 0) is 4.79 Å². The highest BCUT2D eigenvalue weighted by Crippen LogP contribution is 2.30. The van der Waals surface area contributed by atoms with E-state index >= 15 is 0 Å². The van der Waals surface area contributed by atoms with Gasteiger partial charge in [-0.15, -0.1) is 11.3 Å². The lowest BCUT2D eigenvalue weighted by atomic mass is 9.97. The van der Waals surface area contributed by atoms with Crippen molar-refractivity contribution in [3.05, 3.63) is 41.1 Å². The van der Waals surface area contributed by atoms with E-state index < -0.39 is 0 Å². The highest BCUT2D eigenvalue weighted by atomic mass is 35.5. The minimum atomic E-state index is -0.102. The Labute approximate surface area is 153 Å². The van der Waals surface area contributed by atoms with Gasteiger partial charge < -0.3 is 10.2 Å². The molecule has 1 atom stereocenters. The van der Waals surface area contributed by atoms with Gasteiger partial charge in [0.1, 0.15) is 22.8 Å². The molecule has 1 amide bonds. The van der Waals surface area contributed by atoms with E-state index in [2.05, 4.69) is 25.2 Å². The Hall–Kier alpha value is -2.25. The van der Waals surface area contributed by atoms with Crippen LogP contribution in [0.1, 0.15) is 12.8 Å². The third kappa shape index (κ3) is 3.43. The third-order valence-electron chi connectivity index (χ3n) is 4.31. The van der Waals surface area contributed by atoms with Crippen molar-refractivity contribution in [2.24, 2.45) is 5.92 Å². The number of nitrogens with one attached hydrogen (secondary N) is 1. The van der Waals surface area contributed by atoms with Crippen LogP contribution in [0.3, 0.4) is 0 Å². The highest BCUT2D eigenvalue weighted by Gasteiger charge is 2.27. The van der Waals surface area contributed by atoms with Gasteiger partial charge in [0.15, 0.2) is 0 Å². The molecule has 0 saturated carbocycles. The lowest BCUT2D eigenvalue weighted by Crippen LogP contribution is -2.41. The number of thiophene rings is 1. The maximum atomic E-state index is 12.6. The molecule has 8 heteroatoms. The highest BCUT2D eigenvalue weighted by molar-refractivity contribution is 7.16. The molecular formula is C17H16ClN5OS. The van der Waals surface area contributed by atoms with Gasteiger partial charge in [0.2, 0.25) is 5.91 Å². The van der Waals surface area contributed by atoms with Crippen LogP contribution < -0.4 is 10.2 Å². The quantitative estimate of drug-likeness (QED) is 0.759. The number of piperidine rings is 1. The Bertz CT molecular complexity index is 897. The Morgan fingerprint density at radius 1 is 1.28 bits per heavy atom. The molecule has 1 aliphatic heterocycles. The average Bonchev–Trinajstić information content (AvgIpc) is 3.12. The van der Waals surface area contributed by atoms with E-state index in [0.29, 0.717) is 17.4 Å². The van der Waals surface area contributed by atoms with Gasteiger partial charge in [0, 0.05) is 19.3 Å². The number of nitrogens with zero attached hydrogens (tertiary/aromatic N) is 4. The van der Waals surface area contributed by atoms with Crippen LogP contribution in [0.5, 0.6) is 0 Å². The number of aromatic nitrogens is 3. The standard InChI is InChI=1S/C17H16ClN5OS/c18-12-3-4-14(19-8-12)22-16(24)11-2-1-6-23(9-11)15-13-5-7-25-17(13)21-10-20-15/h3-5,7-8,10-11H,1-2,6,9H2,(H,19,22,24). The second kappa shape index (κ2) is 6.93. The third-order valence-corrected chi connectivity index (χ3v) is 5.36. The molecule has 0 aliphatic carbocycles. The van der Waals surface area contributed by atoms with E-state index in [1.807, 2.05) is 11.4 Å². The number of pyridine rings is 1. The van der Waals surface area contributed by atoms with E-state index in [1.54, 1.807) is 29.8 Å². The zero-order valence-corrected chi connectivity index (χ0v) is 14.9. The van der Waals surface area contributed by atoms with Gasteiger partial charge in [-0.2, -0.15) is 0 Å². The molecule has 6 nitrogen and oxygen atoms in total. The van der Waals surface area contributed by atoms with E-state index in [0.717, 1.165) is 35.4 Å². The Morgan fingerprint density at radius 2 is 2.20 bits per heavy atom. The molecule has 3 aromatic heterocycles. The van der Waals surface area contributed by atoms with Crippen LogP contribution in [0.15, 0.2) is 36.1 Å². The fraction of sp³-hybridized carbons (Fsp3) is 0.294. The first-order chi connectivity index (χ1) is 12.2. The van der Waals surface area contributed by atoms with Crippen molar-refractivity contribution in [3.63, 3.8) is 0 Å². The summed E-state index contributed by atoms with van der Waals surface area (Å²) >= 11 is 7.43. The molecule has 4 rings (SSSR count). The van der Waals surface area contributed by atoms with Gasteiger partial charge in [-0.05, 0) is 36.4 Å². The molecule has 0 radical (unpaired) electrons. The van der Waals surface area contributed by atoms with Crippen LogP contribution >= 0.6 is 22.9 Å². The number of amides is 1. The lowest BCUT2D eigenvalue weighted by molar-refractivity contribution is -0.120. The van der Waals surface area contributed by atoms with Crippen LogP contribution in [0.25, 0.3) is 10.2 Å². The molecule has 25 heavy (non-hydrogen) atoms. The van der Waals surface area contributed by atoms with Crippen molar-refractivity contribution in [2.75, 3.05) is 23.3 Å². The molecule has 1 fully saturated rings. The number of fused-ring (bicyclic) bond motifs is 1. The molecule has 1 N–H and O–H groups in total. The topological polar surface area (TPSA) is 71.0 Å². The molecule has 4 heterocycles. The first kappa shape index (κ1) is 16.2. The van der Waals surface area contributed by atoms with Gasteiger partial charge in [-0.1, -0.05) is 11.6 Å². The van der Waals surface area contributed by atoms with E-state index in [4.69, 9.17) is 11.6 Å². The first-order valence-electron chi connectivity index (χ1n) is 8.06. The fourth-order valence-electron chi connectivity index (χ4n) is 3.09. The molecule has 1 unspecified atom stereocenters. The van der Waals surface area contributed by atoms with Crippen molar-refractivity contribution in [1.29, 1.82) is 0 Å². The lowest BCUT2D eigenvalue weighted by Gasteiger charge is -2.33. The summed E-state index contributed by atoms with van der Waals surface area (Å²) in [5.41, 5.74) is 0. The zero-order valence-electron chi connectivity index (χ0n) is 13.4. The molecular weight excluding hydrogens is 358 g/mol. The molecule has 0 bridgehead atoms. The van der Waals surface area contributed by atoms with Gasteiger partial charge in [0.05, 0.1) is 16.3 Å². The number of hydrogen-bond donors (Lipinski definition) is 1. The predicted octanol–water partition coefficient (Wildman–Crippen LogP) is 3.59.